The Balaban J connectivity index is 3.04. The van der Waals surface area contributed by atoms with Gasteiger partial charge in [-0.15, -0.1) is 0 Å². The predicted molar refractivity (Wildman–Crippen MR) is 51.2 cm³/mol. The molecule has 0 bridgehead atoms. The van der Waals surface area contributed by atoms with Gasteiger partial charge in [-0.1, -0.05) is 0 Å². The maximum absolute atomic E-state index is 4.91. The molecule has 0 amide bonds. The largest absolute Gasteiger partial charge is 0.481 e. The number of methoxy groups -OCH3 is 1. The van der Waals surface area contributed by atoms with Crippen LogP contribution in [0.2, 0.25) is 0 Å². The molecule has 0 aliphatic rings. The summed E-state index contributed by atoms with van der Waals surface area (Å²) in [5.41, 5.74) is 0. The van der Waals surface area contributed by atoms with Gasteiger partial charge < -0.3 is 4.74 Å². The molecule has 0 fully saturated rings. The fraction of sp³-hybridized carbons (Fsp3) is 0.167. The lowest BCUT2D eigenvalue weighted by Gasteiger charge is -1.98. The number of halogens is 2. The second-order valence-corrected chi connectivity index (χ2v) is 3.66. The van der Waals surface area contributed by atoms with Gasteiger partial charge in [0.1, 0.15) is 0 Å². The van der Waals surface area contributed by atoms with Gasteiger partial charge in [-0.05, 0) is 38.5 Å². The SMILES string of the molecule is COc1cc(I)c(Br)cn1. The zero-order valence-electron chi connectivity index (χ0n) is 5.27. The van der Waals surface area contributed by atoms with Crippen molar-refractivity contribution >= 4 is 38.5 Å². The molecular formula is C6H5BrINO. The first-order valence-corrected chi connectivity index (χ1v) is 4.46. The Labute approximate surface area is 81.3 Å². The number of pyridine rings is 1. The molecule has 1 aromatic rings. The lowest BCUT2D eigenvalue weighted by Crippen LogP contribution is -1.87. The second kappa shape index (κ2) is 3.52. The molecule has 0 aliphatic carbocycles. The van der Waals surface area contributed by atoms with Gasteiger partial charge in [-0.3, -0.25) is 0 Å². The minimum absolute atomic E-state index is 0.646. The van der Waals surface area contributed by atoms with Crippen LogP contribution in [0.1, 0.15) is 0 Å². The Bertz CT molecular complexity index is 241. The maximum atomic E-state index is 4.91. The summed E-state index contributed by atoms with van der Waals surface area (Å²) in [5, 5.41) is 0. The van der Waals surface area contributed by atoms with E-state index in [1.165, 1.54) is 0 Å². The molecule has 0 saturated carbocycles. The van der Waals surface area contributed by atoms with E-state index in [0.29, 0.717) is 5.88 Å². The monoisotopic (exact) mass is 313 g/mol. The van der Waals surface area contributed by atoms with E-state index in [1.807, 2.05) is 6.07 Å². The second-order valence-electron chi connectivity index (χ2n) is 1.64. The van der Waals surface area contributed by atoms with Crippen molar-refractivity contribution in [2.45, 2.75) is 0 Å². The summed E-state index contributed by atoms with van der Waals surface area (Å²) >= 11 is 5.54. The highest BCUT2D eigenvalue weighted by atomic mass is 127. The molecule has 4 heteroatoms. The van der Waals surface area contributed by atoms with Crippen LogP contribution in [0.4, 0.5) is 0 Å². The standard InChI is InChI=1S/C6H5BrINO/c1-10-6-2-5(8)4(7)3-9-6/h2-3H,1H3. The summed E-state index contributed by atoms with van der Waals surface area (Å²) in [7, 11) is 1.60. The van der Waals surface area contributed by atoms with Crippen molar-refractivity contribution in [3.63, 3.8) is 0 Å². The Morgan fingerprint density at radius 3 is 2.90 bits per heavy atom. The highest BCUT2D eigenvalue weighted by Gasteiger charge is 1.97. The Hall–Kier alpha value is 0.160. The first-order valence-electron chi connectivity index (χ1n) is 2.59. The molecule has 0 aliphatic heterocycles. The van der Waals surface area contributed by atoms with Gasteiger partial charge in [-0.2, -0.15) is 0 Å². The number of aromatic nitrogens is 1. The molecule has 2 nitrogen and oxygen atoms in total. The average molecular weight is 314 g/mol. The van der Waals surface area contributed by atoms with Crippen molar-refractivity contribution in [2.24, 2.45) is 0 Å². The quantitative estimate of drug-likeness (QED) is 0.743. The van der Waals surface area contributed by atoms with Crippen LogP contribution >= 0.6 is 38.5 Å². The van der Waals surface area contributed by atoms with Crippen molar-refractivity contribution in [3.05, 3.63) is 20.3 Å². The maximum Gasteiger partial charge on any atom is 0.214 e. The predicted octanol–water partition coefficient (Wildman–Crippen LogP) is 2.46. The topological polar surface area (TPSA) is 22.1 Å². The fourth-order valence-electron chi connectivity index (χ4n) is 0.508. The number of hydrogen-bond acceptors (Lipinski definition) is 2. The molecule has 0 aromatic carbocycles. The van der Waals surface area contributed by atoms with Gasteiger partial charge in [0.05, 0.1) is 7.11 Å². The van der Waals surface area contributed by atoms with Crippen molar-refractivity contribution in [1.29, 1.82) is 0 Å². The molecular weight excluding hydrogens is 309 g/mol. The molecule has 0 saturated heterocycles. The lowest BCUT2D eigenvalue weighted by molar-refractivity contribution is 0.397. The fourth-order valence-corrected chi connectivity index (χ4v) is 1.13. The lowest BCUT2D eigenvalue weighted by atomic mass is 10.5. The smallest absolute Gasteiger partial charge is 0.214 e. The Morgan fingerprint density at radius 2 is 2.40 bits per heavy atom. The molecule has 0 spiro atoms. The van der Waals surface area contributed by atoms with E-state index < -0.39 is 0 Å². The van der Waals surface area contributed by atoms with Gasteiger partial charge in [-0.25, -0.2) is 4.98 Å². The van der Waals surface area contributed by atoms with E-state index in [4.69, 9.17) is 4.74 Å². The van der Waals surface area contributed by atoms with Crippen LogP contribution in [-0.4, -0.2) is 12.1 Å². The van der Waals surface area contributed by atoms with Crippen molar-refractivity contribution in [1.82, 2.24) is 4.98 Å². The van der Waals surface area contributed by atoms with E-state index in [2.05, 4.69) is 43.5 Å². The Kier molecular flexibility index (Phi) is 2.91. The molecule has 0 radical (unpaired) electrons. The van der Waals surface area contributed by atoms with Gasteiger partial charge in [0.15, 0.2) is 0 Å². The first kappa shape index (κ1) is 8.26. The molecule has 1 aromatic heterocycles. The molecule has 54 valence electrons. The van der Waals surface area contributed by atoms with Gasteiger partial charge in [0.2, 0.25) is 5.88 Å². The molecule has 0 N–H and O–H groups in total. The van der Waals surface area contributed by atoms with E-state index in [-0.39, 0.29) is 0 Å². The van der Waals surface area contributed by atoms with E-state index in [1.54, 1.807) is 13.3 Å². The molecule has 1 rings (SSSR count). The molecule has 10 heavy (non-hydrogen) atoms. The summed E-state index contributed by atoms with van der Waals surface area (Å²) in [6, 6.07) is 1.87. The first-order chi connectivity index (χ1) is 4.74. The van der Waals surface area contributed by atoms with Crippen molar-refractivity contribution in [2.75, 3.05) is 7.11 Å². The van der Waals surface area contributed by atoms with Crippen LogP contribution < -0.4 is 4.74 Å². The summed E-state index contributed by atoms with van der Waals surface area (Å²) < 4.78 is 7.01. The van der Waals surface area contributed by atoms with Crippen LogP contribution in [-0.2, 0) is 0 Å². The van der Waals surface area contributed by atoms with Crippen LogP contribution in [0.3, 0.4) is 0 Å². The minimum Gasteiger partial charge on any atom is -0.481 e. The summed E-state index contributed by atoms with van der Waals surface area (Å²) in [6.07, 6.45) is 1.72. The van der Waals surface area contributed by atoms with E-state index in [0.717, 1.165) is 8.04 Å². The minimum atomic E-state index is 0.646. The van der Waals surface area contributed by atoms with E-state index in [9.17, 15) is 0 Å². The summed E-state index contributed by atoms with van der Waals surface area (Å²) in [6.45, 7) is 0. The zero-order chi connectivity index (χ0) is 7.56. The zero-order valence-corrected chi connectivity index (χ0v) is 9.01. The van der Waals surface area contributed by atoms with Gasteiger partial charge in [0, 0.05) is 20.3 Å². The Morgan fingerprint density at radius 1 is 1.70 bits per heavy atom. The number of rotatable bonds is 1. The number of nitrogens with zero attached hydrogens (tertiary/aromatic N) is 1. The summed E-state index contributed by atoms with van der Waals surface area (Å²) in [5.74, 6) is 0.646. The van der Waals surface area contributed by atoms with Crippen LogP contribution in [0.15, 0.2) is 16.7 Å². The third-order valence-corrected chi connectivity index (χ3v) is 3.26. The third kappa shape index (κ3) is 1.82. The van der Waals surface area contributed by atoms with E-state index >= 15 is 0 Å². The molecule has 0 unspecified atom stereocenters. The van der Waals surface area contributed by atoms with Crippen LogP contribution in [0.5, 0.6) is 5.88 Å². The van der Waals surface area contributed by atoms with Gasteiger partial charge in [0.25, 0.3) is 0 Å². The highest BCUT2D eigenvalue weighted by Crippen LogP contribution is 2.20. The van der Waals surface area contributed by atoms with Crippen LogP contribution in [0.25, 0.3) is 0 Å². The normalized spacial score (nSPS) is 9.50. The average Bonchev–Trinajstić information content (AvgIpc) is 1.95. The van der Waals surface area contributed by atoms with Gasteiger partial charge >= 0.3 is 0 Å². The van der Waals surface area contributed by atoms with Crippen molar-refractivity contribution < 1.29 is 4.74 Å². The number of hydrogen-bond donors (Lipinski definition) is 0. The van der Waals surface area contributed by atoms with Crippen LogP contribution in [0, 0.1) is 3.57 Å². The number of ether oxygens (including phenoxy) is 1. The van der Waals surface area contributed by atoms with Crippen molar-refractivity contribution in [3.8, 4) is 5.88 Å². The molecule has 0 atom stereocenters. The molecule has 1 heterocycles. The summed E-state index contributed by atoms with van der Waals surface area (Å²) in [4.78, 5) is 3.98. The third-order valence-electron chi connectivity index (χ3n) is 0.993. The highest BCUT2D eigenvalue weighted by molar-refractivity contribution is 14.1.